The molecule has 0 unspecified atom stereocenters. The fraction of sp³-hybridized carbons (Fsp3) is 0.235. The third-order valence-corrected chi connectivity index (χ3v) is 5.79. The number of carbonyl (C=O) groups is 1. The van der Waals surface area contributed by atoms with Gasteiger partial charge in [0.1, 0.15) is 0 Å². The maximum absolute atomic E-state index is 12.0. The summed E-state index contributed by atoms with van der Waals surface area (Å²) in [4.78, 5) is 16.2. The van der Waals surface area contributed by atoms with Crippen LogP contribution >= 0.6 is 23.1 Å². The molecular weight excluding hydrogens is 428 g/mol. The van der Waals surface area contributed by atoms with Gasteiger partial charge in [-0.25, -0.2) is 15.1 Å². The predicted molar refractivity (Wildman–Crippen MR) is 115 cm³/mol. The molecule has 30 heavy (non-hydrogen) atoms. The number of thiazole rings is 1. The third kappa shape index (κ3) is 4.46. The minimum Gasteiger partial charge on any atom is -0.454 e. The number of nitrogens with two attached hydrogens (primary N) is 1. The molecule has 0 atom stereocenters. The molecule has 4 rings (SSSR count). The number of nitrogens with one attached hydrogen (secondary N) is 2. The van der Waals surface area contributed by atoms with Gasteiger partial charge in [0.2, 0.25) is 17.9 Å². The van der Waals surface area contributed by atoms with Crippen molar-refractivity contribution in [3.05, 3.63) is 34.8 Å². The van der Waals surface area contributed by atoms with Gasteiger partial charge in [0.05, 0.1) is 17.2 Å². The summed E-state index contributed by atoms with van der Waals surface area (Å²) in [6.07, 6.45) is 0. The number of thioether (sulfide) groups is 1. The molecule has 0 radical (unpaired) electrons. The van der Waals surface area contributed by atoms with Gasteiger partial charge in [-0.3, -0.25) is 4.79 Å². The Morgan fingerprint density at radius 3 is 3.00 bits per heavy atom. The second-order valence-electron chi connectivity index (χ2n) is 6.18. The molecule has 0 spiro atoms. The lowest BCUT2D eigenvalue weighted by atomic mass is 10.1. The molecule has 0 saturated carbocycles. The Balaban J connectivity index is 1.34. The zero-order valence-corrected chi connectivity index (χ0v) is 17.7. The first-order valence-corrected chi connectivity index (χ1v) is 10.6. The molecule has 0 bridgehead atoms. The molecule has 3 aromatic rings. The van der Waals surface area contributed by atoms with Gasteiger partial charge in [-0.05, 0) is 32.0 Å². The minimum atomic E-state index is -0.205. The van der Waals surface area contributed by atoms with E-state index in [1.165, 1.54) is 16.0 Å². The Morgan fingerprint density at radius 1 is 1.37 bits per heavy atom. The van der Waals surface area contributed by atoms with E-state index in [4.69, 9.17) is 15.3 Å². The van der Waals surface area contributed by atoms with Crippen molar-refractivity contribution in [2.75, 3.05) is 29.1 Å². The van der Waals surface area contributed by atoms with Crippen LogP contribution in [0.5, 0.6) is 11.5 Å². The Hall–Kier alpha value is -3.32. The van der Waals surface area contributed by atoms with E-state index >= 15 is 0 Å². The van der Waals surface area contributed by atoms with Crippen LogP contribution in [-0.2, 0) is 4.79 Å². The van der Waals surface area contributed by atoms with Crippen LogP contribution in [0.3, 0.4) is 0 Å². The molecule has 0 saturated heterocycles. The maximum atomic E-state index is 12.0. The average molecular weight is 447 g/mol. The van der Waals surface area contributed by atoms with E-state index in [1.54, 1.807) is 0 Å². The number of benzene rings is 1. The van der Waals surface area contributed by atoms with Gasteiger partial charge < -0.3 is 20.6 Å². The summed E-state index contributed by atoms with van der Waals surface area (Å²) >= 11 is 2.53. The van der Waals surface area contributed by atoms with Crippen molar-refractivity contribution in [3.63, 3.8) is 0 Å². The highest BCUT2D eigenvalue weighted by molar-refractivity contribution is 7.99. The molecule has 0 fully saturated rings. The summed E-state index contributed by atoms with van der Waals surface area (Å²) in [5.74, 6) is 7.54. The number of carbonyl (C=O) groups excluding carboxylic acids is 1. The number of nitrogens with zero attached hydrogens (tertiary/aromatic N) is 5. The molecule has 1 aliphatic rings. The lowest BCUT2D eigenvalue weighted by molar-refractivity contribution is -0.113. The van der Waals surface area contributed by atoms with Crippen LogP contribution in [0.1, 0.15) is 18.2 Å². The van der Waals surface area contributed by atoms with E-state index in [0.717, 1.165) is 23.0 Å². The lowest BCUT2D eigenvalue weighted by Gasteiger charge is -2.05. The molecule has 1 aliphatic heterocycles. The van der Waals surface area contributed by atoms with Gasteiger partial charge in [-0.15, -0.1) is 21.5 Å². The van der Waals surface area contributed by atoms with Crippen molar-refractivity contribution in [1.82, 2.24) is 19.9 Å². The first-order chi connectivity index (χ1) is 14.5. The maximum Gasteiger partial charge on any atom is 0.264 e. The minimum absolute atomic E-state index is 0.119. The number of anilines is 2. The van der Waals surface area contributed by atoms with Crippen molar-refractivity contribution in [2.24, 2.45) is 5.10 Å². The van der Waals surface area contributed by atoms with Crippen LogP contribution in [0.2, 0.25) is 0 Å². The number of hydrazone groups is 1. The molecule has 0 aliphatic carbocycles. The predicted octanol–water partition coefficient (Wildman–Crippen LogP) is 2.05. The van der Waals surface area contributed by atoms with Gasteiger partial charge in [0.25, 0.3) is 5.95 Å². The van der Waals surface area contributed by atoms with Crippen LogP contribution in [0.25, 0.3) is 0 Å². The topological polar surface area (TPSA) is 142 Å². The van der Waals surface area contributed by atoms with E-state index < -0.39 is 0 Å². The first kappa shape index (κ1) is 20.0. The molecule has 13 heteroatoms. The number of amides is 1. The highest BCUT2D eigenvalue weighted by Crippen LogP contribution is 2.32. The number of hydrogen-bond donors (Lipinski definition) is 3. The standard InChI is InChI=1S/C17H18N8O3S2/c1-9-6-29-16(19-9)20-14(26)7-30-17-24-23-15(25(17)18)22-21-10(2)11-3-4-12-13(5-11)28-8-27-12/h3-6H,7-8,18H2,1-2H3,(H,22,23)(H,19,20,26)/b21-10+. The fourth-order valence-electron chi connectivity index (χ4n) is 2.47. The monoisotopic (exact) mass is 446 g/mol. The van der Waals surface area contributed by atoms with Crippen molar-refractivity contribution >= 4 is 45.8 Å². The zero-order valence-electron chi connectivity index (χ0n) is 16.1. The van der Waals surface area contributed by atoms with E-state index in [0.29, 0.717) is 27.5 Å². The quantitative estimate of drug-likeness (QED) is 0.215. The molecule has 156 valence electrons. The molecule has 1 amide bonds. The largest absolute Gasteiger partial charge is 0.454 e. The Labute approximate surface area is 179 Å². The number of aryl methyl sites for hydroxylation is 1. The van der Waals surface area contributed by atoms with Crippen LogP contribution in [-0.4, -0.2) is 44.0 Å². The molecule has 2 aromatic heterocycles. The SMILES string of the molecule is C/C(=N\Nc1nnc(SCC(=O)Nc2nc(C)cs2)n1N)c1ccc2c(c1)OCO2. The third-order valence-electron chi connectivity index (χ3n) is 3.98. The first-order valence-electron chi connectivity index (χ1n) is 8.75. The van der Waals surface area contributed by atoms with E-state index in [9.17, 15) is 4.79 Å². The van der Waals surface area contributed by atoms with Crippen LogP contribution in [0.15, 0.2) is 33.8 Å². The number of hydrogen-bond acceptors (Lipinski definition) is 11. The van der Waals surface area contributed by atoms with E-state index in [1.807, 2.05) is 37.4 Å². The van der Waals surface area contributed by atoms with Crippen molar-refractivity contribution < 1.29 is 14.3 Å². The molecular formula is C17H18N8O3S2. The van der Waals surface area contributed by atoms with E-state index in [-0.39, 0.29) is 24.4 Å². The summed E-state index contributed by atoms with van der Waals surface area (Å²) in [6, 6.07) is 5.56. The molecule has 1 aromatic carbocycles. The highest BCUT2D eigenvalue weighted by Gasteiger charge is 2.15. The second-order valence-corrected chi connectivity index (χ2v) is 7.98. The Morgan fingerprint density at radius 2 is 2.20 bits per heavy atom. The molecule has 3 heterocycles. The number of fused-ring (bicyclic) bond motifs is 1. The van der Waals surface area contributed by atoms with Gasteiger partial charge in [-0.2, -0.15) is 5.10 Å². The highest BCUT2D eigenvalue weighted by atomic mass is 32.2. The van der Waals surface area contributed by atoms with Gasteiger partial charge >= 0.3 is 0 Å². The summed E-state index contributed by atoms with van der Waals surface area (Å²) in [5.41, 5.74) is 5.20. The Kier molecular flexibility index (Phi) is 5.72. The van der Waals surface area contributed by atoms with E-state index in [2.05, 4.69) is 31.0 Å². The summed E-state index contributed by atoms with van der Waals surface area (Å²) in [7, 11) is 0. The Bertz CT molecular complexity index is 1110. The summed E-state index contributed by atoms with van der Waals surface area (Å²) < 4.78 is 11.9. The van der Waals surface area contributed by atoms with Gasteiger partial charge in [0.15, 0.2) is 16.6 Å². The fourth-order valence-corrected chi connectivity index (χ4v) is 3.83. The average Bonchev–Trinajstić information content (AvgIpc) is 3.44. The van der Waals surface area contributed by atoms with Gasteiger partial charge in [0, 0.05) is 10.9 Å². The lowest BCUT2D eigenvalue weighted by Crippen LogP contribution is -2.17. The number of nitrogen functional groups attached to an aromatic ring is 1. The van der Waals surface area contributed by atoms with Crippen LogP contribution in [0, 0.1) is 6.92 Å². The smallest absolute Gasteiger partial charge is 0.264 e. The van der Waals surface area contributed by atoms with Crippen molar-refractivity contribution in [2.45, 2.75) is 19.0 Å². The molecule has 11 nitrogen and oxygen atoms in total. The summed E-state index contributed by atoms with van der Waals surface area (Å²) in [5, 5.41) is 17.8. The second kappa shape index (κ2) is 8.59. The normalized spacial score (nSPS) is 12.8. The molecule has 4 N–H and O–H groups in total. The zero-order chi connectivity index (χ0) is 21.1. The van der Waals surface area contributed by atoms with Gasteiger partial charge in [-0.1, -0.05) is 11.8 Å². The van der Waals surface area contributed by atoms with Crippen molar-refractivity contribution in [3.8, 4) is 11.5 Å². The number of ether oxygens (including phenoxy) is 2. The van der Waals surface area contributed by atoms with Crippen molar-refractivity contribution in [1.29, 1.82) is 0 Å². The number of aromatic nitrogens is 4. The summed E-state index contributed by atoms with van der Waals surface area (Å²) in [6.45, 7) is 3.91. The number of rotatable bonds is 7. The van der Waals surface area contributed by atoms with Crippen LogP contribution < -0.4 is 26.1 Å². The van der Waals surface area contributed by atoms with Crippen LogP contribution in [0.4, 0.5) is 11.1 Å².